The summed E-state index contributed by atoms with van der Waals surface area (Å²) < 4.78 is 0. The second-order valence-electron chi connectivity index (χ2n) is 5.15. The van der Waals surface area contributed by atoms with Gasteiger partial charge in [-0.05, 0) is 42.9 Å². The third-order valence-corrected chi connectivity index (χ3v) is 4.69. The molecule has 0 amide bonds. The molecular weight excluding hydrogens is 174 g/mol. The summed E-state index contributed by atoms with van der Waals surface area (Å²) in [5, 5.41) is 0. The third-order valence-electron chi connectivity index (χ3n) is 4.69. The van der Waals surface area contributed by atoms with Crippen LogP contribution in [0.1, 0.15) is 19.3 Å². The van der Waals surface area contributed by atoms with Crippen molar-refractivity contribution in [2.75, 3.05) is 20.1 Å². The molecule has 2 N–H and O–H groups in total. The van der Waals surface area contributed by atoms with Crippen LogP contribution in [0.4, 0.5) is 0 Å². The largest absolute Gasteiger partial charge is 0.370 e. The van der Waals surface area contributed by atoms with E-state index >= 15 is 0 Å². The molecule has 3 rings (SSSR count). The highest BCUT2D eigenvalue weighted by molar-refractivity contribution is 5.78. The maximum absolute atomic E-state index is 5.87. The summed E-state index contributed by atoms with van der Waals surface area (Å²) in [5.41, 5.74) is 5.87. The van der Waals surface area contributed by atoms with Crippen molar-refractivity contribution in [3.05, 3.63) is 0 Å². The molecule has 78 valence electrons. The van der Waals surface area contributed by atoms with E-state index in [1.54, 1.807) is 7.05 Å². The normalized spacial score (nSPS) is 46.1. The number of nitrogens with zero attached hydrogens (tertiary/aromatic N) is 2. The molecule has 14 heavy (non-hydrogen) atoms. The van der Waals surface area contributed by atoms with E-state index in [0.29, 0.717) is 0 Å². The van der Waals surface area contributed by atoms with E-state index in [1.165, 1.54) is 32.4 Å². The molecule has 2 bridgehead atoms. The van der Waals surface area contributed by atoms with E-state index in [-0.39, 0.29) is 0 Å². The first-order valence-corrected chi connectivity index (χ1v) is 5.77. The topological polar surface area (TPSA) is 41.6 Å². The lowest BCUT2D eigenvalue weighted by Crippen LogP contribution is -2.36. The summed E-state index contributed by atoms with van der Waals surface area (Å²) in [6.07, 6.45) is 4.46. The van der Waals surface area contributed by atoms with Crippen LogP contribution in [0.25, 0.3) is 0 Å². The molecule has 3 aliphatic rings. The van der Waals surface area contributed by atoms with Gasteiger partial charge in [-0.3, -0.25) is 4.99 Å². The number of guanidine groups is 1. The number of likely N-dealkylation sites (tertiary alicyclic amines) is 1. The van der Waals surface area contributed by atoms with Crippen LogP contribution >= 0.6 is 0 Å². The molecule has 3 fully saturated rings. The summed E-state index contributed by atoms with van der Waals surface area (Å²) >= 11 is 0. The van der Waals surface area contributed by atoms with Gasteiger partial charge in [-0.25, -0.2) is 0 Å². The highest BCUT2D eigenvalue weighted by atomic mass is 15.3. The Morgan fingerprint density at radius 3 is 2.29 bits per heavy atom. The van der Waals surface area contributed by atoms with Crippen molar-refractivity contribution in [3.63, 3.8) is 0 Å². The summed E-state index contributed by atoms with van der Waals surface area (Å²) in [6.45, 7) is 2.35. The van der Waals surface area contributed by atoms with Gasteiger partial charge >= 0.3 is 0 Å². The highest BCUT2D eigenvalue weighted by Crippen LogP contribution is 2.54. The monoisotopic (exact) mass is 193 g/mol. The standard InChI is InChI=1S/C11H19N3/c1-13-11(12)14-5-9-7-2-3-8(4-7)10(9)6-14/h7-10H,2-6H2,1H3,(H2,12,13). The molecule has 0 spiro atoms. The summed E-state index contributed by atoms with van der Waals surface area (Å²) in [6, 6.07) is 0. The van der Waals surface area contributed by atoms with Gasteiger partial charge in [0.05, 0.1) is 0 Å². The van der Waals surface area contributed by atoms with Crippen molar-refractivity contribution >= 4 is 5.96 Å². The first-order valence-electron chi connectivity index (χ1n) is 5.77. The lowest BCUT2D eigenvalue weighted by Gasteiger charge is -2.22. The smallest absolute Gasteiger partial charge is 0.190 e. The van der Waals surface area contributed by atoms with Gasteiger partial charge in [-0.2, -0.15) is 0 Å². The molecule has 2 aliphatic carbocycles. The molecule has 1 heterocycles. The average Bonchev–Trinajstić information content (AvgIpc) is 2.87. The van der Waals surface area contributed by atoms with Crippen LogP contribution in [0.5, 0.6) is 0 Å². The Bertz CT molecular complexity index is 256. The molecule has 0 radical (unpaired) electrons. The lowest BCUT2D eigenvalue weighted by molar-refractivity contribution is 0.281. The van der Waals surface area contributed by atoms with Crippen molar-refractivity contribution in [2.45, 2.75) is 19.3 Å². The quantitative estimate of drug-likeness (QED) is 0.459. The van der Waals surface area contributed by atoms with Crippen molar-refractivity contribution in [3.8, 4) is 0 Å². The number of hydrogen-bond acceptors (Lipinski definition) is 1. The Balaban J connectivity index is 1.76. The van der Waals surface area contributed by atoms with E-state index in [1.807, 2.05) is 0 Å². The van der Waals surface area contributed by atoms with Crippen LogP contribution < -0.4 is 5.73 Å². The predicted octanol–water partition coefficient (Wildman–Crippen LogP) is 0.909. The fourth-order valence-electron chi connectivity index (χ4n) is 4.01. The van der Waals surface area contributed by atoms with Gasteiger partial charge in [-0.15, -0.1) is 0 Å². The number of rotatable bonds is 0. The SMILES string of the molecule is CN=C(N)N1CC2C3CCC(C3)C2C1. The lowest BCUT2D eigenvalue weighted by atomic mass is 9.82. The summed E-state index contributed by atoms with van der Waals surface area (Å²) in [7, 11) is 1.79. The highest BCUT2D eigenvalue weighted by Gasteiger charge is 2.51. The molecule has 4 unspecified atom stereocenters. The van der Waals surface area contributed by atoms with Gasteiger partial charge in [0.2, 0.25) is 0 Å². The maximum Gasteiger partial charge on any atom is 0.190 e. The van der Waals surface area contributed by atoms with E-state index in [2.05, 4.69) is 9.89 Å². The van der Waals surface area contributed by atoms with Gasteiger partial charge in [0.25, 0.3) is 0 Å². The van der Waals surface area contributed by atoms with Crippen molar-refractivity contribution in [2.24, 2.45) is 34.4 Å². The molecular formula is C11H19N3. The van der Waals surface area contributed by atoms with Gasteiger partial charge in [0.15, 0.2) is 5.96 Å². The second kappa shape index (κ2) is 2.88. The zero-order valence-electron chi connectivity index (χ0n) is 8.82. The Labute approximate surface area is 85.4 Å². The molecule has 1 aliphatic heterocycles. The molecule has 3 nitrogen and oxygen atoms in total. The minimum absolute atomic E-state index is 0.749. The number of hydrogen-bond donors (Lipinski definition) is 1. The Morgan fingerprint density at radius 1 is 1.21 bits per heavy atom. The molecule has 2 saturated carbocycles. The van der Waals surface area contributed by atoms with Crippen LogP contribution in [0.3, 0.4) is 0 Å². The van der Waals surface area contributed by atoms with Crippen molar-refractivity contribution < 1.29 is 0 Å². The van der Waals surface area contributed by atoms with Crippen molar-refractivity contribution in [1.82, 2.24) is 4.90 Å². The minimum atomic E-state index is 0.749. The van der Waals surface area contributed by atoms with Gasteiger partial charge in [0, 0.05) is 20.1 Å². The Morgan fingerprint density at radius 2 is 1.79 bits per heavy atom. The molecule has 0 aromatic heterocycles. The van der Waals surface area contributed by atoms with E-state index in [0.717, 1.165) is 29.6 Å². The predicted molar refractivity (Wildman–Crippen MR) is 56.9 cm³/mol. The fourth-order valence-corrected chi connectivity index (χ4v) is 4.01. The third kappa shape index (κ3) is 1.01. The molecule has 0 aromatic carbocycles. The first kappa shape index (κ1) is 8.57. The number of aliphatic imine (C=N–C) groups is 1. The zero-order valence-corrected chi connectivity index (χ0v) is 8.82. The first-order chi connectivity index (χ1) is 6.79. The molecule has 1 saturated heterocycles. The Kier molecular flexibility index (Phi) is 1.76. The average molecular weight is 193 g/mol. The minimum Gasteiger partial charge on any atom is -0.370 e. The number of fused-ring (bicyclic) bond motifs is 5. The molecule has 4 atom stereocenters. The van der Waals surface area contributed by atoms with Gasteiger partial charge < -0.3 is 10.6 Å². The van der Waals surface area contributed by atoms with Crippen LogP contribution in [-0.2, 0) is 0 Å². The van der Waals surface area contributed by atoms with Crippen LogP contribution in [0.15, 0.2) is 4.99 Å². The zero-order chi connectivity index (χ0) is 9.71. The van der Waals surface area contributed by atoms with Crippen LogP contribution in [-0.4, -0.2) is 31.0 Å². The van der Waals surface area contributed by atoms with Gasteiger partial charge in [-0.1, -0.05) is 0 Å². The Hall–Kier alpha value is -0.730. The summed E-state index contributed by atoms with van der Waals surface area (Å²) in [5.74, 6) is 4.65. The van der Waals surface area contributed by atoms with E-state index in [9.17, 15) is 0 Å². The summed E-state index contributed by atoms with van der Waals surface area (Å²) in [4.78, 5) is 6.38. The van der Waals surface area contributed by atoms with Gasteiger partial charge in [0.1, 0.15) is 0 Å². The van der Waals surface area contributed by atoms with Crippen LogP contribution in [0, 0.1) is 23.7 Å². The molecule has 0 aromatic rings. The van der Waals surface area contributed by atoms with E-state index < -0.39 is 0 Å². The maximum atomic E-state index is 5.87. The number of nitrogens with two attached hydrogens (primary N) is 1. The van der Waals surface area contributed by atoms with E-state index in [4.69, 9.17) is 5.73 Å². The van der Waals surface area contributed by atoms with Crippen molar-refractivity contribution in [1.29, 1.82) is 0 Å². The second-order valence-corrected chi connectivity index (χ2v) is 5.15. The fraction of sp³-hybridized carbons (Fsp3) is 0.909. The molecule has 3 heteroatoms. The van der Waals surface area contributed by atoms with Crippen LogP contribution in [0.2, 0.25) is 0 Å².